The molecule has 3 heterocycles. The maximum atomic E-state index is 12.7. The number of aromatic amines is 1. The molecule has 5 rings (SSSR count). The molecule has 2 aliphatic heterocycles. The number of likely N-dealkylation sites (tertiary alicyclic amines) is 1. The zero-order chi connectivity index (χ0) is 27.4. The van der Waals surface area contributed by atoms with E-state index in [1.807, 2.05) is 12.1 Å². The molecule has 39 heavy (non-hydrogen) atoms. The molecule has 8 nitrogen and oxygen atoms in total. The molecule has 0 radical (unpaired) electrons. The topological polar surface area (TPSA) is 108 Å². The number of hydrogen-bond donors (Lipinski definition) is 3. The fraction of sp³-hybridized carbons (Fsp3) is 0.345. The number of alkyl halides is 2. The second kappa shape index (κ2) is 11.8. The lowest BCUT2D eigenvalue weighted by atomic mass is 9.94. The first kappa shape index (κ1) is 26.5. The highest BCUT2D eigenvalue weighted by Gasteiger charge is 2.38. The molecule has 2 saturated heterocycles. The van der Waals surface area contributed by atoms with Crippen molar-refractivity contribution in [1.82, 2.24) is 20.2 Å². The van der Waals surface area contributed by atoms with Crippen molar-refractivity contribution >= 4 is 5.91 Å². The molecule has 3 unspecified atom stereocenters. The molecule has 1 amide bonds. The Balaban J connectivity index is 1.24. The average molecular weight is 535 g/mol. The quantitative estimate of drug-likeness (QED) is 0.384. The van der Waals surface area contributed by atoms with Crippen LogP contribution in [0.3, 0.4) is 0 Å². The number of carbonyl (C=O) groups excluding carboxylic acids is 1. The second-order valence-electron chi connectivity index (χ2n) is 9.78. The van der Waals surface area contributed by atoms with Crippen molar-refractivity contribution < 1.29 is 23.4 Å². The smallest absolute Gasteiger partial charge is 0.293 e. The first-order chi connectivity index (χ1) is 18.9. The molecule has 2 aromatic carbocycles. The van der Waals surface area contributed by atoms with E-state index >= 15 is 0 Å². The summed E-state index contributed by atoms with van der Waals surface area (Å²) in [7, 11) is 0. The number of morpholine rings is 1. The highest BCUT2D eigenvalue weighted by atomic mass is 19.3. The van der Waals surface area contributed by atoms with Gasteiger partial charge in [0.2, 0.25) is 11.7 Å². The summed E-state index contributed by atoms with van der Waals surface area (Å²) < 4.78 is 31.0. The third kappa shape index (κ3) is 6.50. The Hall–Kier alpha value is -4.07. The van der Waals surface area contributed by atoms with Crippen molar-refractivity contribution in [3.8, 4) is 17.6 Å². The largest absolute Gasteiger partial charge is 0.502 e. The molecule has 0 spiro atoms. The number of halogens is 2. The molecule has 2 fully saturated rings. The number of benzene rings is 2. The van der Waals surface area contributed by atoms with Crippen molar-refractivity contribution in [3.63, 3.8) is 0 Å². The van der Waals surface area contributed by atoms with Crippen LogP contribution in [0.15, 0.2) is 59.7 Å². The van der Waals surface area contributed by atoms with Gasteiger partial charge in [-0.15, -0.1) is 0 Å². The Bertz CT molecular complexity index is 1430. The monoisotopic (exact) mass is 534 g/mol. The number of fused-ring (bicyclic) bond motifs is 2. The molecule has 2 bridgehead atoms. The van der Waals surface area contributed by atoms with Crippen LogP contribution >= 0.6 is 0 Å². The van der Waals surface area contributed by atoms with Gasteiger partial charge in [0.1, 0.15) is 5.69 Å². The highest BCUT2D eigenvalue weighted by Crippen LogP contribution is 2.29. The number of aromatic nitrogens is 2. The van der Waals surface area contributed by atoms with Crippen molar-refractivity contribution in [2.24, 2.45) is 0 Å². The number of rotatable bonds is 8. The van der Waals surface area contributed by atoms with Crippen molar-refractivity contribution in [1.29, 1.82) is 0 Å². The van der Waals surface area contributed by atoms with E-state index in [1.54, 1.807) is 24.3 Å². The van der Waals surface area contributed by atoms with Crippen LogP contribution in [0.4, 0.5) is 8.78 Å². The maximum absolute atomic E-state index is 12.7. The van der Waals surface area contributed by atoms with E-state index < -0.39 is 36.1 Å². The number of carbonyl (C=O) groups is 1. The summed E-state index contributed by atoms with van der Waals surface area (Å²) in [6, 6.07) is 15.8. The molecule has 10 heteroatoms. The van der Waals surface area contributed by atoms with Gasteiger partial charge in [-0.05, 0) is 48.2 Å². The highest BCUT2D eigenvalue weighted by molar-refractivity contribution is 5.84. The summed E-state index contributed by atoms with van der Waals surface area (Å²) in [4.78, 5) is 33.1. The van der Waals surface area contributed by atoms with Gasteiger partial charge in [0.05, 0.1) is 31.5 Å². The van der Waals surface area contributed by atoms with E-state index in [9.17, 15) is 23.5 Å². The molecular weight excluding hydrogens is 506 g/mol. The van der Waals surface area contributed by atoms with Gasteiger partial charge in [0.25, 0.3) is 12.0 Å². The Kier molecular flexibility index (Phi) is 8.00. The van der Waals surface area contributed by atoms with Gasteiger partial charge in [-0.25, -0.2) is 13.8 Å². The van der Waals surface area contributed by atoms with Crippen LogP contribution in [-0.2, 0) is 22.5 Å². The van der Waals surface area contributed by atoms with Crippen LogP contribution in [-0.4, -0.2) is 64.1 Å². The van der Waals surface area contributed by atoms with Crippen LogP contribution in [0.25, 0.3) is 0 Å². The molecule has 0 aliphatic carbocycles. The van der Waals surface area contributed by atoms with E-state index in [0.29, 0.717) is 17.7 Å². The van der Waals surface area contributed by atoms with Crippen LogP contribution in [0.1, 0.15) is 40.3 Å². The summed E-state index contributed by atoms with van der Waals surface area (Å²) in [5.41, 5.74) is 2.58. The van der Waals surface area contributed by atoms with Crippen molar-refractivity contribution in [2.75, 3.05) is 19.7 Å². The number of hydrogen-bond acceptors (Lipinski definition) is 6. The van der Waals surface area contributed by atoms with Gasteiger partial charge in [-0.3, -0.25) is 14.5 Å². The fourth-order valence-corrected chi connectivity index (χ4v) is 4.98. The molecule has 3 aromatic rings. The Morgan fingerprint density at radius 3 is 2.38 bits per heavy atom. The van der Waals surface area contributed by atoms with Gasteiger partial charge >= 0.3 is 0 Å². The molecule has 1 aromatic heterocycles. The Morgan fingerprint density at radius 1 is 1.13 bits per heavy atom. The predicted molar refractivity (Wildman–Crippen MR) is 139 cm³/mol. The van der Waals surface area contributed by atoms with Crippen LogP contribution < -0.4 is 10.9 Å². The van der Waals surface area contributed by atoms with Gasteiger partial charge < -0.3 is 20.1 Å². The van der Waals surface area contributed by atoms with Crippen molar-refractivity contribution in [2.45, 2.75) is 43.9 Å². The molecule has 3 N–H and O–H groups in total. The van der Waals surface area contributed by atoms with Crippen LogP contribution in [0.2, 0.25) is 0 Å². The summed E-state index contributed by atoms with van der Waals surface area (Å²) in [5, 5.41) is 12.3. The summed E-state index contributed by atoms with van der Waals surface area (Å²) in [5.74, 6) is 3.66. The average Bonchev–Trinajstić information content (AvgIpc) is 3.56. The Labute approximate surface area is 224 Å². The Morgan fingerprint density at radius 2 is 1.79 bits per heavy atom. The molecule has 2 aliphatic rings. The van der Waals surface area contributed by atoms with E-state index in [1.165, 1.54) is 5.56 Å². The zero-order valence-electron chi connectivity index (χ0n) is 21.1. The van der Waals surface area contributed by atoms with Crippen molar-refractivity contribution in [3.05, 3.63) is 93.2 Å². The van der Waals surface area contributed by atoms with E-state index in [0.717, 1.165) is 43.6 Å². The number of H-pyrrole nitrogens is 1. The lowest BCUT2D eigenvalue weighted by Crippen LogP contribution is -2.36. The normalized spacial score (nSPS) is 19.1. The number of nitrogens with one attached hydrogen (secondary N) is 2. The minimum atomic E-state index is -2.74. The first-order valence-corrected chi connectivity index (χ1v) is 12.7. The van der Waals surface area contributed by atoms with Crippen LogP contribution in [0, 0.1) is 11.8 Å². The van der Waals surface area contributed by atoms with E-state index in [2.05, 4.69) is 44.2 Å². The number of aromatic hydroxyl groups is 1. The summed E-state index contributed by atoms with van der Waals surface area (Å²) in [6.45, 7) is 1.88. The molecule has 202 valence electrons. The maximum Gasteiger partial charge on any atom is 0.293 e. The summed E-state index contributed by atoms with van der Waals surface area (Å²) in [6.07, 6.45) is -0.133. The molecule has 0 saturated carbocycles. The number of nitrogens with zero attached hydrogens (tertiary/aromatic N) is 2. The van der Waals surface area contributed by atoms with Gasteiger partial charge in [-0.2, -0.15) is 0 Å². The minimum absolute atomic E-state index is 0.0407. The zero-order valence-corrected chi connectivity index (χ0v) is 21.1. The van der Waals surface area contributed by atoms with E-state index in [4.69, 9.17) is 4.74 Å². The molecular formula is C29H28F2N4O4. The van der Waals surface area contributed by atoms with Crippen LogP contribution in [0.5, 0.6) is 5.75 Å². The molecule has 3 atom stereocenters. The minimum Gasteiger partial charge on any atom is -0.502 e. The van der Waals surface area contributed by atoms with Gasteiger partial charge in [0, 0.05) is 30.3 Å². The lowest BCUT2D eigenvalue weighted by molar-refractivity contribution is -0.123. The fourth-order valence-electron chi connectivity index (χ4n) is 4.98. The SMILES string of the molecule is O=C(NCC(F)F)C(Cc1ccc(C#Cc2ccc(CN3CC4CC3CO4)cc2)cc1)c1nc[nH]c(=O)c1O. The third-order valence-corrected chi connectivity index (χ3v) is 7.03. The first-order valence-electron chi connectivity index (χ1n) is 12.7. The van der Waals surface area contributed by atoms with Gasteiger partial charge in [0.15, 0.2) is 0 Å². The second-order valence-corrected chi connectivity index (χ2v) is 9.78. The van der Waals surface area contributed by atoms with E-state index in [-0.39, 0.29) is 12.1 Å². The van der Waals surface area contributed by atoms with Gasteiger partial charge in [-0.1, -0.05) is 36.1 Å². The number of ether oxygens (including phenoxy) is 1. The third-order valence-electron chi connectivity index (χ3n) is 7.03. The predicted octanol–water partition coefficient (Wildman–Crippen LogP) is 2.56. The standard InChI is InChI=1S/C29H28F2N4O4/c30-25(31)13-32-28(37)24(26-27(36)29(38)34-17-33-26)11-20-7-3-18(4-8-20)1-2-19-5-9-21(10-6-19)14-35-15-23-12-22(35)16-39-23/h3-10,17,22-25,36H,11-16H2,(H,32,37)(H,33,34,38). The number of amides is 1. The summed E-state index contributed by atoms with van der Waals surface area (Å²) >= 11 is 0. The lowest BCUT2D eigenvalue weighted by Gasteiger charge is -2.26.